The van der Waals surface area contributed by atoms with Gasteiger partial charge in [0.2, 0.25) is 0 Å². The van der Waals surface area contributed by atoms with Gasteiger partial charge in [-0.2, -0.15) is 0 Å². The van der Waals surface area contributed by atoms with Crippen molar-refractivity contribution >= 4 is 29.1 Å². The van der Waals surface area contributed by atoms with E-state index in [-0.39, 0.29) is 0 Å². The van der Waals surface area contributed by atoms with E-state index in [1.54, 1.807) is 30.2 Å². The Morgan fingerprint density at radius 2 is 2.09 bits per heavy atom. The van der Waals surface area contributed by atoms with Crippen LogP contribution in [0.5, 0.6) is 11.5 Å². The van der Waals surface area contributed by atoms with Crippen LogP contribution in [0, 0.1) is 0 Å². The number of para-hydroxylation sites is 2. The molecule has 6 heteroatoms. The monoisotopic (exact) mass is 318 g/mol. The largest absolute Gasteiger partial charge is 0.497 e. The Morgan fingerprint density at radius 3 is 2.86 bits per heavy atom. The van der Waals surface area contributed by atoms with E-state index in [0.29, 0.717) is 29.6 Å². The minimum Gasteiger partial charge on any atom is -0.497 e. The first-order valence-corrected chi connectivity index (χ1v) is 7.22. The molecule has 5 nitrogen and oxygen atoms in total. The summed E-state index contributed by atoms with van der Waals surface area (Å²) in [5.74, 6) is 0.917. The van der Waals surface area contributed by atoms with Crippen LogP contribution < -0.4 is 19.7 Å². The molecule has 1 heterocycles. The van der Waals surface area contributed by atoms with Crippen molar-refractivity contribution in [3.63, 3.8) is 0 Å². The highest BCUT2D eigenvalue weighted by atomic mass is 35.5. The molecule has 0 spiro atoms. The second kappa shape index (κ2) is 6.15. The zero-order chi connectivity index (χ0) is 15.5. The molecule has 0 radical (unpaired) electrons. The molecule has 0 fully saturated rings. The molecular weight excluding hydrogens is 304 g/mol. The average molecular weight is 319 g/mol. The van der Waals surface area contributed by atoms with Crippen molar-refractivity contribution < 1.29 is 14.3 Å². The number of methoxy groups -OCH3 is 1. The van der Waals surface area contributed by atoms with Crippen LogP contribution in [-0.2, 0) is 0 Å². The summed E-state index contributed by atoms with van der Waals surface area (Å²) in [5.41, 5.74) is 1.70. The predicted molar refractivity (Wildman–Crippen MR) is 86.3 cm³/mol. The molecule has 3 rings (SSSR count). The molecule has 1 amide bonds. The highest BCUT2D eigenvalue weighted by molar-refractivity contribution is 6.32. The summed E-state index contributed by atoms with van der Waals surface area (Å²) in [4.78, 5) is 14.0. The molecule has 2 aromatic rings. The fourth-order valence-electron chi connectivity index (χ4n) is 2.31. The number of carbonyl (C=O) groups excluding carboxylic acids is 1. The van der Waals surface area contributed by atoms with Gasteiger partial charge in [-0.05, 0) is 24.3 Å². The van der Waals surface area contributed by atoms with Gasteiger partial charge in [-0.1, -0.05) is 23.7 Å². The molecule has 2 aromatic carbocycles. The molecule has 1 N–H and O–H groups in total. The van der Waals surface area contributed by atoms with Crippen molar-refractivity contribution in [2.24, 2.45) is 0 Å². The van der Waals surface area contributed by atoms with Crippen molar-refractivity contribution in [1.82, 2.24) is 0 Å². The first-order chi connectivity index (χ1) is 10.7. The molecule has 0 aliphatic carbocycles. The Balaban J connectivity index is 1.81. The van der Waals surface area contributed by atoms with Crippen LogP contribution in [0.25, 0.3) is 0 Å². The number of amides is 1. The van der Waals surface area contributed by atoms with E-state index in [0.717, 1.165) is 11.4 Å². The average Bonchev–Trinajstić information content (AvgIpc) is 2.56. The molecule has 0 aromatic heterocycles. The van der Waals surface area contributed by atoms with Gasteiger partial charge in [0, 0.05) is 19.2 Å². The molecule has 114 valence electrons. The van der Waals surface area contributed by atoms with Crippen LogP contribution in [0.1, 0.15) is 0 Å². The minimum atomic E-state index is -0.457. The number of halogens is 1. The number of ether oxygens (including phenoxy) is 2. The highest BCUT2D eigenvalue weighted by Crippen LogP contribution is 2.32. The van der Waals surface area contributed by atoms with E-state index in [4.69, 9.17) is 21.1 Å². The zero-order valence-electron chi connectivity index (χ0n) is 12.0. The summed E-state index contributed by atoms with van der Waals surface area (Å²) in [6.07, 6.45) is -0.457. The Labute approximate surface area is 133 Å². The molecule has 22 heavy (non-hydrogen) atoms. The zero-order valence-corrected chi connectivity index (χ0v) is 12.8. The molecule has 0 saturated carbocycles. The first kappa shape index (κ1) is 14.5. The van der Waals surface area contributed by atoms with E-state index in [1.165, 1.54) is 0 Å². The lowest BCUT2D eigenvalue weighted by Gasteiger charge is -2.29. The van der Waals surface area contributed by atoms with Crippen molar-refractivity contribution in [1.29, 1.82) is 0 Å². The lowest BCUT2D eigenvalue weighted by molar-refractivity contribution is 0.207. The molecule has 1 aliphatic rings. The number of anilines is 2. The fraction of sp³-hybridized carbons (Fsp3) is 0.188. The van der Waals surface area contributed by atoms with Crippen LogP contribution in [0.3, 0.4) is 0 Å². The Bertz CT molecular complexity index is 706. The molecule has 0 saturated heterocycles. The lowest BCUT2D eigenvalue weighted by Crippen LogP contribution is -2.40. The number of rotatable bonds is 2. The highest BCUT2D eigenvalue weighted by Gasteiger charge is 2.24. The summed E-state index contributed by atoms with van der Waals surface area (Å²) in [6.45, 7) is 1.20. The Kier molecular flexibility index (Phi) is 4.06. The van der Waals surface area contributed by atoms with Gasteiger partial charge in [0.25, 0.3) is 0 Å². The maximum Gasteiger partial charge on any atom is 0.419 e. The number of fused-ring (bicyclic) bond motifs is 1. The van der Waals surface area contributed by atoms with Gasteiger partial charge in [-0.25, -0.2) is 4.79 Å². The van der Waals surface area contributed by atoms with Crippen molar-refractivity contribution in [3.8, 4) is 11.5 Å². The number of benzene rings is 2. The summed E-state index contributed by atoms with van der Waals surface area (Å²) >= 11 is 6.10. The standard InChI is InChI=1S/C16H15ClN2O3/c1-21-11-6-7-15(12(17)10-11)22-16(20)19-9-8-18-13-4-2-3-5-14(13)19/h2-7,10,18H,8-9H2,1H3. The van der Waals surface area contributed by atoms with Gasteiger partial charge >= 0.3 is 6.09 Å². The Hall–Kier alpha value is -2.40. The van der Waals surface area contributed by atoms with Crippen LogP contribution in [0.15, 0.2) is 42.5 Å². The van der Waals surface area contributed by atoms with Gasteiger partial charge in [0.15, 0.2) is 5.75 Å². The van der Waals surface area contributed by atoms with Crippen molar-refractivity contribution in [2.45, 2.75) is 0 Å². The number of hydrogen-bond donors (Lipinski definition) is 1. The lowest BCUT2D eigenvalue weighted by atomic mass is 10.2. The quantitative estimate of drug-likeness (QED) is 0.915. The predicted octanol–water partition coefficient (Wildman–Crippen LogP) is 3.78. The third-order valence-electron chi connectivity index (χ3n) is 3.40. The van der Waals surface area contributed by atoms with Crippen LogP contribution in [-0.4, -0.2) is 26.3 Å². The molecule has 0 bridgehead atoms. The number of hydrogen-bond acceptors (Lipinski definition) is 4. The molecule has 1 aliphatic heterocycles. The van der Waals surface area contributed by atoms with E-state index >= 15 is 0 Å². The summed E-state index contributed by atoms with van der Waals surface area (Å²) in [6, 6.07) is 12.5. The first-order valence-electron chi connectivity index (χ1n) is 6.85. The summed E-state index contributed by atoms with van der Waals surface area (Å²) < 4.78 is 10.5. The second-order valence-corrected chi connectivity index (χ2v) is 5.17. The summed E-state index contributed by atoms with van der Waals surface area (Å²) in [5, 5.41) is 3.58. The van der Waals surface area contributed by atoms with Crippen LogP contribution >= 0.6 is 11.6 Å². The van der Waals surface area contributed by atoms with Gasteiger partial charge in [0.05, 0.1) is 23.5 Å². The number of nitrogens with one attached hydrogen (secondary N) is 1. The van der Waals surface area contributed by atoms with Gasteiger partial charge in [-0.15, -0.1) is 0 Å². The minimum absolute atomic E-state index is 0.309. The van der Waals surface area contributed by atoms with Crippen molar-refractivity contribution in [2.75, 3.05) is 30.4 Å². The number of nitrogens with zero attached hydrogens (tertiary/aromatic N) is 1. The summed E-state index contributed by atoms with van der Waals surface area (Å²) in [7, 11) is 1.55. The smallest absolute Gasteiger partial charge is 0.419 e. The fourth-order valence-corrected chi connectivity index (χ4v) is 2.52. The van der Waals surface area contributed by atoms with Crippen LogP contribution in [0.4, 0.5) is 16.2 Å². The van der Waals surface area contributed by atoms with Crippen molar-refractivity contribution in [3.05, 3.63) is 47.5 Å². The Morgan fingerprint density at radius 1 is 1.27 bits per heavy atom. The van der Waals surface area contributed by atoms with Crippen LogP contribution in [0.2, 0.25) is 5.02 Å². The topological polar surface area (TPSA) is 50.8 Å². The maximum atomic E-state index is 12.4. The maximum absolute atomic E-state index is 12.4. The second-order valence-electron chi connectivity index (χ2n) is 4.76. The van der Waals surface area contributed by atoms with E-state index in [9.17, 15) is 4.79 Å². The van der Waals surface area contributed by atoms with Gasteiger partial charge in [-0.3, -0.25) is 4.90 Å². The third-order valence-corrected chi connectivity index (χ3v) is 3.70. The van der Waals surface area contributed by atoms with E-state index < -0.39 is 6.09 Å². The normalized spacial score (nSPS) is 13.1. The van der Waals surface area contributed by atoms with Gasteiger partial charge < -0.3 is 14.8 Å². The number of carbonyl (C=O) groups is 1. The van der Waals surface area contributed by atoms with E-state index in [1.807, 2.05) is 24.3 Å². The molecular formula is C16H15ClN2O3. The SMILES string of the molecule is COc1ccc(OC(=O)N2CCNc3ccccc32)c(Cl)c1. The third kappa shape index (κ3) is 2.80. The van der Waals surface area contributed by atoms with Gasteiger partial charge in [0.1, 0.15) is 5.75 Å². The van der Waals surface area contributed by atoms with E-state index in [2.05, 4.69) is 5.32 Å². The molecule has 0 unspecified atom stereocenters. The molecule has 0 atom stereocenters.